The molecule has 9 aromatic rings. The molecule has 52 heavy (non-hydrogen) atoms. The maximum absolute atomic E-state index is 15.8. The third-order valence-electron chi connectivity index (χ3n) is 11.0. The Morgan fingerprint density at radius 2 is 0.885 bits per heavy atom. The van der Waals surface area contributed by atoms with Gasteiger partial charge in [0.25, 0.3) is 0 Å². The number of fused-ring (bicyclic) bond motifs is 6. The van der Waals surface area contributed by atoms with Crippen LogP contribution in [0.1, 0.15) is 22.3 Å². The van der Waals surface area contributed by atoms with Crippen LogP contribution in [0.5, 0.6) is 0 Å². The Morgan fingerprint density at radius 3 is 1.54 bits per heavy atom. The zero-order valence-corrected chi connectivity index (χ0v) is 29.3. The van der Waals surface area contributed by atoms with Crippen molar-refractivity contribution < 1.29 is 4.57 Å². The number of para-hydroxylation sites is 2. The molecular formula is C49H34NOP. The molecule has 1 aromatic heterocycles. The van der Waals surface area contributed by atoms with Crippen molar-refractivity contribution in [1.29, 1.82) is 0 Å². The van der Waals surface area contributed by atoms with Crippen LogP contribution in [0, 0.1) is 0 Å². The molecule has 246 valence electrons. The van der Waals surface area contributed by atoms with Crippen molar-refractivity contribution in [3.63, 3.8) is 0 Å². The molecule has 0 unspecified atom stereocenters. The first-order valence-electron chi connectivity index (χ1n) is 17.8. The minimum Gasteiger partial charge on any atom is -0.309 e. The molecule has 0 saturated carbocycles. The van der Waals surface area contributed by atoms with E-state index in [2.05, 4.69) is 150 Å². The van der Waals surface area contributed by atoms with Gasteiger partial charge in [0, 0.05) is 32.4 Å². The SMILES string of the molecule is O=P(c1ccccc1)(c1ccccc1)c1cccc(C2(c3ccc4c(c3)c3ccccc3n4-c3ccccc3)c3ccccc3-c3ccccc32)c1. The maximum atomic E-state index is 15.8. The highest BCUT2D eigenvalue weighted by Gasteiger charge is 2.46. The minimum absolute atomic E-state index is 0.661. The molecule has 0 bridgehead atoms. The lowest BCUT2D eigenvalue weighted by Gasteiger charge is -2.34. The Morgan fingerprint density at radius 1 is 0.385 bits per heavy atom. The largest absolute Gasteiger partial charge is 0.309 e. The lowest BCUT2D eigenvalue weighted by atomic mass is 9.67. The third kappa shape index (κ3) is 4.35. The number of hydrogen-bond donors (Lipinski definition) is 0. The highest BCUT2D eigenvalue weighted by Crippen LogP contribution is 2.57. The number of nitrogens with zero attached hydrogens (tertiary/aromatic N) is 1. The highest BCUT2D eigenvalue weighted by molar-refractivity contribution is 7.85. The Balaban J connectivity index is 1.30. The monoisotopic (exact) mass is 683 g/mol. The normalized spacial score (nSPS) is 13.2. The van der Waals surface area contributed by atoms with Crippen molar-refractivity contribution in [2.24, 2.45) is 0 Å². The third-order valence-corrected chi connectivity index (χ3v) is 14.0. The van der Waals surface area contributed by atoms with Gasteiger partial charge in [-0.2, -0.15) is 0 Å². The van der Waals surface area contributed by atoms with E-state index in [4.69, 9.17) is 0 Å². The van der Waals surface area contributed by atoms with Crippen molar-refractivity contribution in [1.82, 2.24) is 4.57 Å². The first-order chi connectivity index (χ1) is 25.7. The summed E-state index contributed by atoms with van der Waals surface area (Å²) < 4.78 is 18.1. The van der Waals surface area contributed by atoms with E-state index in [9.17, 15) is 0 Å². The minimum atomic E-state index is -3.24. The van der Waals surface area contributed by atoms with Crippen LogP contribution in [0.3, 0.4) is 0 Å². The lowest BCUT2D eigenvalue weighted by Crippen LogP contribution is -2.31. The van der Waals surface area contributed by atoms with E-state index in [0.29, 0.717) is 0 Å². The number of aromatic nitrogens is 1. The number of benzene rings is 8. The van der Waals surface area contributed by atoms with Crippen LogP contribution in [0.25, 0.3) is 38.6 Å². The average molecular weight is 684 g/mol. The van der Waals surface area contributed by atoms with Crippen LogP contribution in [0.15, 0.2) is 206 Å². The van der Waals surface area contributed by atoms with E-state index in [1.54, 1.807) is 0 Å². The summed E-state index contributed by atoms with van der Waals surface area (Å²) in [5.74, 6) is 0. The van der Waals surface area contributed by atoms with Gasteiger partial charge in [-0.05, 0) is 69.8 Å². The molecule has 0 saturated heterocycles. The van der Waals surface area contributed by atoms with Gasteiger partial charge in [0.15, 0.2) is 7.14 Å². The molecule has 0 atom stereocenters. The van der Waals surface area contributed by atoms with Gasteiger partial charge < -0.3 is 9.13 Å². The Labute approximate surface area is 303 Å². The average Bonchev–Trinajstić information content (AvgIpc) is 3.72. The molecule has 0 spiro atoms. The smallest absolute Gasteiger partial charge is 0.171 e. The first-order valence-corrected chi connectivity index (χ1v) is 19.5. The molecule has 0 amide bonds. The maximum Gasteiger partial charge on any atom is 0.171 e. The predicted molar refractivity (Wildman–Crippen MR) is 217 cm³/mol. The van der Waals surface area contributed by atoms with Crippen molar-refractivity contribution in [2.45, 2.75) is 5.41 Å². The van der Waals surface area contributed by atoms with Crippen LogP contribution in [0.4, 0.5) is 0 Å². The summed E-state index contributed by atoms with van der Waals surface area (Å²) in [4.78, 5) is 0. The molecule has 0 N–H and O–H groups in total. The van der Waals surface area contributed by atoms with Crippen LogP contribution in [0.2, 0.25) is 0 Å². The molecular weight excluding hydrogens is 650 g/mol. The Bertz CT molecular complexity index is 2730. The molecule has 1 aliphatic carbocycles. The van der Waals surface area contributed by atoms with Gasteiger partial charge in [0.05, 0.1) is 16.4 Å². The fraction of sp³-hybridized carbons (Fsp3) is 0.0204. The molecule has 0 aliphatic heterocycles. The fourth-order valence-electron chi connectivity index (χ4n) is 8.74. The van der Waals surface area contributed by atoms with Gasteiger partial charge in [-0.3, -0.25) is 0 Å². The van der Waals surface area contributed by atoms with E-state index in [0.717, 1.165) is 32.7 Å². The van der Waals surface area contributed by atoms with E-state index in [-0.39, 0.29) is 0 Å². The summed E-state index contributed by atoms with van der Waals surface area (Å²) in [6.45, 7) is 0. The lowest BCUT2D eigenvalue weighted by molar-refractivity contribution is 0.592. The topological polar surface area (TPSA) is 22.0 Å². The summed E-state index contributed by atoms with van der Waals surface area (Å²) in [5, 5.41) is 4.90. The van der Waals surface area contributed by atoms with Crippen molar-refractivity contribution in [3.8, 4) is 16.8 Å². The van der Waals surface area contributed by atoms with Crippen molar-refractivity contribution in [3.05, 3.63) is 229 Å². The number of rotatable bonds is 6. The van der Waals surface area contributed by atoms with Crippen LogP contribution in [-0.2, 0) is 9.98 Å². The number of hydrogen-bond acceptors (Lipinski definition) is 1. The quantitative estimate of drug-likeness (QED) is 0.160. The van der Waals surface area contributed by atoms with Crippen LogP contribution in [-0.4, -0.2) is 4.57 Å². The molecule has 1 aliphatic rings. The summed E-state index contributed by atoms with van der Waals surface area (Å²) in [6, 6.07) is 72.6. The van der Waals surface area contributed by atoms with E-state index < -0.39 is 12.6 Å². The Hall–Kier alpha value is -6.21. The Kier molecular flexibility index (Phi) is 7.03. The highest BCUT2D eigenvalue weighted by atomic mass is 31.2. The van der Waals surface area contributed by atoms with E-state index in [1.807, 2.05) is 60.7 Å². The second-order valence-corrected chi connectivity index (χ2v) is 16.4. The zero-order valence-electron chi connectivity index (χ0n) is 28.4. The van der Waals surface area contributed by atoms with E-state index in [1.165, 1.54) is 44.1 Å². The van der Waals surface area contributed by atoms with Gasteiger partial charge in [-0.15, -0.1) is 0 Å². The fourth-order valence-corrected chi connectivity index (χ4v) is 11.4. The summed E-state index contributed by atoms with van der Waals surface area (Å²) in [6.07, 6.45) is 0. The van der Waals surface area contributed by atoms with Gasteiger partial charge in [0.2, 0.25) is 0 Å². The van der Waals surface area contributed by atoms with Crippen LogP contribution < -0.4 is 15.9 Å². The van der Waals surface area contributed by atoms with Crippen LogP contribution >= 0.6 is 7.14 Å². The van der Waals surface area contributed by atoms with E-state index >= 15 is 4.57 Å². The molecule has 8 aromatic carbocycles. The molecule has 1 heterocycles. The zero-order chi connectivity index (χ0) is 34.7. The van der Waals surface area contributed by atoms with Crippen molar-refractivity contribution >= 4 is 44.9 Å². The predicted octanol–water partition coefficient (Wildman–Crippen LogP) is 10.8. The first kappa shape index (κ1) is 30.6. The second-order valence-electron chi connectivity index (χ2n) is 13.6. The van der Waals surface area contributed by atoms with Gasteiger partial charge in [-0.1, -0.05) is 170 Å². The van der Waals surface area contributed by atoms with Gasteiger partial charge in [0.1, 0.15) is 0 Å². The molecule has 10 rings (SSSR count). The summed E-state index contributed by atoms with van der Waals surface area (Å²) >= 11 is 0. The van der Waals surface area contributed by atoms with Gasteiger partial charge in [-0.25, -0.2) is 0 Å². The van der Waals surface area contributed by atoms with Crippen molar-refractivity contribution in [2.75, 3.05) is 0 Å². The summed E-state index contributed by atoms with van der Waals surface area (Å²) in [7, 11) is -3.24. The standard InChI is InChI=1S/C49H34NOP/c51-52(38-20-6-2-7-21-38,39-22-8-3-9-23-39)40-24-16-17-35(33-40)49(45-28-13-10-25-41(45)42-26-11-14-29-46(42)49)36-31-32-48-44(34-36)43-27-12-15-30-47(43)50(48)37-18-4-1-5-19-37/h1-34H. The molecule has 0 radical (unpaired) electrons. The summed E-state index contributed by atoms with van der Waals surface area (Å²) in [5.41, 5.74) is 10.0. The molecule has 2 nitrogen and oxygen atoms in total. The van der Waals surface area contributed by atoms with Gasteiger partial charge >= 0.3 is 0 Å². The second kappa shape index (κ2) is 11.9. The molecule has 3 heteroatoms. The molecule has 0 fully saturated rings.